The monoisotopic (exact) mass is 255 g/mol. The average molecular weight is 255 g/mol. The van der Waals surface area contributed by atoms with Crippen molar-refractivity contribution >= 4 is 27.4 Å². The molecule has 3 nitrogen and oxygen atoms in total. The zero-order valence-corrected chi connectivity index (χ0v) is 10.8. The standard InChI is InChI=1S/C14H13N3S/c1-10(11-5-3-2-4-6-11)17-13-12-7-8-18-14(12)16-9-15-13/h2-10H,1H3,(H,15,16,17)/t10-/m0/s1. The first kappa shape index (κ1) is 11.2. The van der Waals surface area contributed by atoms with E-state index in [0.717, 1.165) is 16.0 Å². The summed E-state index contributed by atoms with van der Waals surface area (Å²) in [4.78, 5) is 9.60. The number of aromatic nitrogens is 2. The number of anilines is 1. The van der Waals surface area contributed by atoms with E-state index in [-0.39, 0.29) is 6.04 Å². The lowest BCUT2D eigenvalue weighted by atomic mass is 10.1. The Balaban J connectivity index is 1.91. The number of nitrogens with one attached hydrogen (secondary N) is 1. The van der Waals surface area contributed by atoms with E-state index in [9.17, 15) is 0 Å². The van der Waals surface area contributed by atoms with Crippen LogP contribution in [0.2, 0.25) is 0 Å². The summed E-state index contributed by atoms with van der Waals surface area (Å²) in [5, 5.41) is 6.57. The molecule has 0 fully saturated rings. The van der Waals surface area contributed by atoms with Crippen LogP contribution >= 0.6 is 11.3 Å². The molecule has 0 amide bonds. The Labute approximate surface area is 110 Å². The van der Waals surface area contributed by atoms with E-state index in [0.29, 0.717) is 0 Å². The van der Waals surface area contributed by atoms with Crippen LogP contribution in [0.1, 0.15) is 18.5 Å². The average Bonchev–Trinajstić information content (AvgIpc) is 2.89. The molecule has 90 valence electrons. The minimum absolute atomic E-state index is 0.226. The highest BCUT2D eigenvalue weighted by Gasteiger charge is 2.09. The van der Waals surface area contributed by atoms with E-state index in [4.69, 9.17) is 0 Å². The van der Waals surface area contributed by atoms with Gasteiger partial charge in [-0.25, -0.2) is 9.97 Å². The van der Waals surface area contributed by atoms with Gasteiger partial charge >= 0.3 is 0 Å². The van der Waals surface area contributed by atoms with Crippen LogP contribution in [0.15, 0.2) is 48.1 Å². The van der Waals surface area contributed by atoms with Crippen molar-refractivity contribution in [3.8, 4) is 0 Å². The minimum atomic E-state index is 0.226. The van der Waals surface area contributed by atoms with Gasteiger partial charge in [-0.2, -0.15) is 0 Å². The van der Waals surface area contributed by atoms with Crippen LogP contribution in [0.25, 0.3) is 10.2 Å². The quantitative estimate of drug-likeness (QED) is 0.772. The Hall–Kier alpha value is -1.94. The lowest BCUT2D eigenvalue weighted by molar-refractivity contribution is 0.876. The van der Waals surface area contributed by atoms with Gasteiger partial charge < -0.3 is 5.32 Å². The summed E-state index contributed by atoms with van der Waals surface area (Å²) in [5.41, 5.74) is 1.25. The van der Waals surface area contributed by atoms with Crippen molar-refractivity contribution in [1.29, 1.82) is 0 Å². The molecule has 0 unspecified atom stereocenters. The third kappa shape index (κ3) is 2.07. The van der Waals surface area contributed by atoms with Crippen molar-refractivity contribution in [3.05, 3.63) is 53.7 Å². The highest BCUT2D eigenvalue weighted by Crippen LogP contribution is 2.26. The Morgan fingerprint density at radius 2 is 1.94 bits per heavy atom. The van der Waals surface area contributed by atoms with Crippen molar-refractivity contribution in [1.82, 2.24) is 9.97 Å². The van der Waals surface area contributed by atoms with E-state index in [1.165, 1.54) is 5.56 Å². The first-order valence-electron chi connectivity index (χ1n) is 5.84. The summed E-state index contributed by atoms with van der Waals surface area (Å²) in [6.45, 7) is 2.13. The Kier molecular flexibility index (Phi) is 2.94. The van der Waals surface area contributed by atoms with Crippen LogP contribution in [0.4, 0.5) is 5.82 Å². The molecule has 0 saturated carbocycles. The Bertz CT molecular complexity index is 648. The van der Waals surface area contributed by atoms with Gasteiger partial charge in [-0.1, -0.05) is 30.3 Å². The summed E-state index contributed by atoms with van der Waals surface area (Å²) >= 11 is 1.63. The van der Waals surface area contributed by atoms with Gasteiger partial charge in [-0.3, -0.25) is 0 Å². The number of fused-ring (bicyclic) bond motifs is 1. The molecule has 3 aromatic rings. The number of hydrogen-bond donors (Lipinski definition) is 1. The van der Waals surface area contributed by atoms with Gasteiger partial charge in [-0.05, 0) is 23.9 Å². The first-order valence-corrected chi connectivity index (χ1v) is 6.72. The van der Waals surface area contributed by atoms with E-state index in [2.05, 4.69) is 40.4 Å². The van der Waals surface area contributed by atoms with Crippen molar-refractivity contribution < 1.29 is 0 Å². The van der Waals surface area contributed by atoms with Crippen molar-refractivity contribution in [2.24, 2.45) is 0 Å². The highest BCUT2D eigenvalue weighted by molar-refractivity contribution is 7.16. The third-order valence-electron chi connectivity index (χ3n) is 2.91. The van der Waals surface area contributed by atoms with E-state index in [1.54, 1.807) is 17.7 Å². The normalized spacial score (nSPS) is 12.5. The van der Waals surface area contributed by atoms with Crippen LogP contribution in [-0.2, 0) is 0 Å². The fraction of sp³-hybridized carbons (Fsp3) is 0.143. The second-order valence-electron chi connectivity index (χ2n) is 4.14. The molecule has 2 aromatic heterocycles. The van der Waals surface area contributed by atoms with Gasteiger partial charge in [0, 0.05) is 6.04 Å². The highest BCUT2D eigenvalue weighted by atomic mass is 32.1. The van der Waals surface area contributed by atoms with Crippen molar-refractivity contribution in [2.75, 3.05) is 5.32 Å². The zero-order chi connectivity index (χ0) is 12.4. The molecule has 1 atom stereocenters. The SMILES string of the molecule is C[C@H](Nc1ncnc2sccc12)c1ccccc1. The van der Waals surface area contributed by atoms with Crippen LogP contribution < -0.4 is 5.32 Å². The fourth-order valence-electron chi connectivity index (χ4n) is 1.94. The van der Waals surface area contributed by atoms with E-state index in [1.807, 2.05) is 23.6 Å². The van der Waals surface area contributed by atoms with Crippen LogP contribution in [0.5, 0.6) is 0 Å². The summed E-state index contributed by atoms with van der Waals surface area (Å²) in [6.07, 6.45) is 1.61. The summed E-state index contributed by atoms with van der Waals surface area (Å²) < 4.78 is 0. The van der Waals surface area contributed by atoms with Crippen LogP contribution in [0.3, 0.4) is 0 Å². The van der Waals surface area contributed by atoms with Crippen LogP contribution in [0, 0.1) is 0 Å². The second kappa shape index (κ2) is 4.74. The largest absolute Gasteiger partial charge is 0.363 e. The van der Waals surface area contributed by atoms with Crippen LogP contribution in [-0.4, -0.2) is 9.97 Å². The van der Waals surface area contributed by atoms with E-state index >= 15 is 0 Å². The number of thiophene rings is 1. The van der Waals surface area contributed by atoms with Crippen molar-refractivity contribution in [3.63, 3.8) is 0 Å². The van der Waals surface area contributed by atoms with Gasteiger partial charge in [0.2, 0.25) is 0 Å². The van der Waals surface area contributed by atoms with Gasteiger partial charge in [0.25, 0.3) is 0 Å². The predicted molar refractivity (Wildman–Crippen MR) is 75.9 cm³/mol. The summed E-state index contributed by atoms with van der Waals surface area (Å²) in [7, 11) is 0. The number of hydrogen-bond acceptors (Lipinski definition) is 4. The molecule has 0 aliphatic heterocycles. The molecule has 0 saturated heterocycles. The molecule has 2 heterocycles. The fourth-order valence-corrected chi connectivity index (χ4v) is 2.67. The molecule has 1 aromatic carbocycles. The number of benzene rings is 1. The lowest BCUT2D eigenvalue weighted by Crippen LogP contribution is -2.08. The molecule has 4 heteroatoms. The maximum atomic E-state index is 4.33. The summed E-state index contributed by atoms with van der Waals surface area (Å²) in [5.74, 6) is 0.901. The van der Waals surface area contributed by atoms with Gasteiger partial charge in [0.05, 0.1) is 5.39 Å². The first-order chi connectivity index (χ1) is 8.84. The maximum absolute atomic E-state index is 4.33. The van der Waals surface area contributed by atoms with E-state index < -0.39 is 0 Å². The number of rotatable bonds is 3. The molecule has 0 aliphatic rings. The summed E-state index contributed by atoms with van der Waals surface area (Å²) in [6, 6.07) is 12.6. The topological polar surface area (TPSA) is 37.8 Å². The molecular formula is C14H13N3S. The lowest BCUT2D eigenvalue weighted by Gasteiger charge is -2.15. The van der Waals surface area contributed by atoms with Gasteiger partial charge in [-0.15, -0.1) is 11.3 Å². The molecule has 18 heavy (non-hydrogen) atoms. The van der Waals surface area contributed by atoms with Crippen molar-refractivity contribution in [2.45, 2.75) is 13.0 Å². The molecule has 0 radical (unpaired) electrons. The molecule has 1 N–H and O–H groups in total. The molecule has 0 bridgehead atoms. The number of nitrogens with zero attached hydrogens (tertiary/aromatic N) is 2. The zero-order valence-electron chi connectivity index (χ0n) is 10.00. The Morgan fingerprint density at radius 3 is 2.78 bits per heavy atom. The minimum Gasteiger partial charge on any atom is -0.363 e. The molecule has 0 aliphatic carbocycles. The maximum Gasteiger partial charge on any atom is 0.138 e. The molecule has 3 rings (SSSR count). The smallest absolute Gasteiger partial charge is 0.138 e. The molecule has 0 spiro atoms. The molecular weight excluding hydrogens is 242 g/mol. The second-order valence-corrected chi connectivity index (χ2v) is 5.03. The predicted octanol–water partition coefficient (Wildman–Crippen LogP) is 3.86. The van der Waals surface area contributed by atoms with Gasteiger partial charge in [0.15, 0.2) is 0 Å². The third-order valence-corrected chi connectivity index (χ3v) is 3.74. The Morgan fingerprint density at radius 1 is 1.11 bits per heavy atom. The van der Waals surface area contributed by atoms with Gasteiger partial charge in [0.1, 0.15) is 17.0 Å².